The van der Waals surface area contributed by atoms with Gasteiger partial charge in [-0.15, -0.1) is 0 Å². The lowest BCUT2D eigenvalue weighted by atomic mass is 9.23. The minimum absolute atomic E-state index is 0.000486. The van der Waals surface area contributed by atoms with Crippen molar-refractivity contribution >= 4 is 114 Å². The average molecular weight is 1160 g/mol. The van der Waals surface area contributed by atoms with Crippen LogP contribution in [-0.2, 0) is 21.0 Å². The third-order valence-electron chi connectivity index (χ3n) is 36.0. The van der Waals surface area contributed by atoms with Gasteiger partial charge >= 0.3 is 6.16 Å². The molecule has 4 nitrogen and oxygen atoms in total. The van der Waals surface area contributed by atoms with Gasteiger partial charge in [-0.25, -0.2) is 4.79 Å². The Balaban J connectivity index is 0.779. The summed E-state index contributed by atoms with van der Waals surface area (Å²) in [6, 6.07) is 9.62. The molecule has 0 radical (unpaired) electrons. The number of hydrogen-bond donors (Lipinski definition) is 0. The van der Waals surface area contributed by atoms with Crippen LogP contribution in [0.25, 0.3) is 103 Å². The van der Waals surface area contributed by atoms with E-state index in [9.17, 15) is 4.79 Å². The fraction of sp³-hybridized carbons (Fsp3) is 0.477. The second-order valence-corrected chi connectivity index (χ2v) is 37.4. The average Bonchev–Trinajstić information content (AvgIpc) is 1.37. The Morgan fingerprint density at radius 3 is 1.64 bits per heavy atom. The van der Waals surface area contributed by atoms with E-state index in [2.05, 4.69) is 63.9 Å². The fourth-order valence-corrected chi connectivity index (χ4v) is 37.1. The minimum atomic E-state index is -0.620. The molecule has 2 bridgehead atoms. The first-order valence-electron chi connectivity index (χ1n) is 37.3. The normalized spacial score (nSPS) is 43.4. The Morgan fingerprint density at radius 2 is 0.944 bits per heavy atom. The second-order valence-electron chi connectivity index (χ2n) is 37.4. The van der Waals surface area contributed by atoms with Crippen molar-refractivity contribution in [2.75, 3.05) is 11.4 Å². The lowest BCUT2D eigenvalue weighted by molar-refractivity contribution is -0.171. The van der Waals surface area contributed by atoms with Crippen molar-refractivity contribution in [2.45, 2.75) is 221 Å². The van der Waals surface area contributed by atoms with Crippen LogP contribution in [0.4, 0.5) is 10.5 Å². The number of benzene rings is 8. The predicted molar refractivity (Wildman–Crippen MR) is 350 cm³/mol. The summed E-state index contributed by atoms with van der Waals surface area (Å²) in [7, 11) is 0. The van der Waals surface area contributed by atoms with Crippen LogP contribution in [0.15, 0.2) is 24.3 Å². The maximum Gasteiger partial charge on any atom is 0.514 e. The number of unbranched alkanes of at least 4 members (excludes halogenated alkanes) is 9. The number of nitrogens with zero attached hydrogens (tertiary/aromatic N) is 1. The van der Waals surface area contributed by atoms with Gasteiger partial charge in [0.05, 0.1) is 0 Å². The van der Waals surface area contributed by atoms with Crippen LogP contribution in [0.1, 0.15) is 294 Å². The molecule has 4 fully saturated rings. The fourth-order valence-electron chi connectivity index (χ4n) is 37.1. The molecule has 35 rings (SSSR count). The molecule has 12 aromatic rings. The van der Waals surface area contributed by atoms with E-state index in [0.29, 0.717) is 118 Å². The van der Waals surface area contributed by atoms with E-state index in [0.717, 1.165) is 6.54 Å². The van der Waals surface area contributed by atoms with E-state index in [-0.39, 0.29) is 21.7 Å². The summed E-state index contributed by atoms with van der Waals surface area (Å²) in [5.41, 5.74) is 39.7. The molecule has 1 aliphatic heterocycles. The molecule has 1 saturated heterocycles. The molecule has 3 saturated carbocycles. The maximum absolute atomic E-state index is 13.5. The first-order valence-corrected chi connectivity index (χ1v) is 37.3. The zero-order chi connectivity index (χ0) is 56.2. The van der Waals surface area contributed by atoms with Gasteiger partial charge in [0.2, 0.25) is 0 Å². The van der Waals surface area contributed by atoms with Crippen molar-refractivity contribution in [1.29, 1.82) is 0 Å². The van der Waals surface area contributed by atoms with Gasteiger partial charge in [0.1, 0.15) is 11.4 Å². The van der Waals surface area contributed by atoms with E-state index in [1.54, 1.807) is 0 Å². The van der Waals surface area contributed by atoms with Crippen molar-refractivity contribution < 1.29 is 14.3 Å². The molecular weight excluding hydrogens is 1090 g/mol. The molecule has 4 heteroatoms. The quantitative estimate of drug-likeness (QED) is 0.0499. The van der Waals surface area contributed by atoms with Gasteiger partial charge < -0.3 is 14.4 Å². The molecule has 22 aliphatic carbocycles. The summed E-state index contributed by atoms with van der Waals surface area (Å²) in [6.45, 7) is 9.35. The number of rotatable bonds is 13. The van der Waals surface area contributed by atoms with Gasteiger partial charge in [-0.3, -0.25) is 0 Å². The van der Waals surface area contributed by atoms with Crippen LogP contribution in [0.5, 0.6) is 5.75 Å². The predicted octanol–water partition coefficient (Wildman–Crippen LogP) is 18.8. The number of carbonyl (C=O) groups is 1. The van der Waals surface area contributed by atoms with Gasteiger partial charge in [0, 0.05) is 63.6 Å². The van der Waals surface area contributed by atoms with Crippen LogP contribution < -0.4 is 14.9 Å². The summed E-state index contributed by atoms with van der Waals surface area (Å²) in [4.78, 5) is 16.7. The highest BCUT2D eigenvalue weighted by atomic mass is 16.7. The standard InChI is InChI=1S/C86H61NO3/c1-5-6-7-8-9-10-11-12-13-14-15-24-86-79-71-60-52-40-34-27-25-26-29-32-28(25)35-39(34)51-55-46(35)48-42(32)47-45-38(29)41-37-31(26)33-30(27)36(40)49-50-43(33)44(37)61-62-53(41)54(45)66-69-58(47)59(48)70-67(55)75(68(71)56(51)52)85(86,21-87(24)22-16-18-23(19-17-22)89-81(88)90-82(2,3)4)78(70)76(69)83-20-84(80(83)86)73(72(62)74(66)83)64(61)63(50)65(57(49)60)77(79)84/h16-19,24-25,27-28,30,33,35,43-44,46,55,61,64,67,70,73,76,78,80H,5-15,20-21H2,1-4H3. The molecule has 428 valence electrons. The lowest BCUT2D eigenvalue weighted by Crippen LogP contribution is -2.79. The van der Waals surface area contributed by atoms with Crippen molar-refractivity contribution in [3.05, 3.63) is 130 Å². The Morgan fingerprint density at radius 1 is 0.456 bits per heavy atom. The van der Waals surface area contributed by atoms with E-state index in [4.69, 9.17) is 9.47 Å². The van der Waals surface area contributed by atoms with Crippen LogP contribution in [0.2, 0.25) is 0 Å². The monoisotopic (exact) mass is 1160 g/mol. The largest absolute Gasteiger partial charge is 0.514 e. The molecule has 23 atom stereocenters. The van der Waals surface area contributed by atoms with E-state index < -0.39 is 11.8 Å². The van der Waals surface area contributed by atoms with Crippen LogP contribution >= 0.6 is 0 Å². The van der Waals surface area contributed by atoms with Gasteiger partial charge in [-0.2, -0.15) is 0 Å². The van der Waals surface area contributed by atoms with Crippen LogP contribution in [-0.4, -0.2) is 24.3 Å². The van der Waals surface area contributed by atoms with E-state index >= 15 is 0 Å². The van der Waals surface area contributed by atoms with Crippen LogP contribution in [0, 0.1) is 23.2 Å². The van der Waals surface area contributed by atoms with Crippen molar-refractivity contribution in [3.63, 3.8) is 0 Å². The zero-order valence-electron chi connectivity index (χ0n) is 51.1. The van der Waals surface area contributed by atoms with Gasteiger partial charge in [0.25, 0.3) is 0 Å². The third-order valence-corrected chi connectivity index (χ3v) is 36.0. The van der Waals surface area contributed by atoms with Crippen molar-refractivity contribution in [1.82, 2.24) is 0 Å². The number of carbonyl (C=O) groups excluding carboxylic acids is 1. The van der Waals surface area contributed by atoms with E-state index in [1.165, 1.54) is 82.7 Å². The molecule has 0 amide bonds. The molecular formula is C86H61NO3. The summed E-state index contributed by atoms with van der Waals surface area (Å²) in [5, 5.41) is 36.4. The first kappa shape index (κ1) is 41.8. The van der Waals surface area contributed by atoms with Crippen LogP contribution in [0.3, 0.4) is 0 Å². The SMILES string of the molecule is CCCCCCCCCCCCC1N(c2ccc(OC(=O)OC(C)(C)C)cc2)CC23C4=c5c6c7c8c9c%10c%11c%12c%13c%14c%15c%16c(c5c(c%15%12)c%106)C12C1C%162CC15c1c6c%10c%12c%15c%16c%17c%18c%19c%20c%21c%22c%23c%24c(c1c%12c(c%21%24)c%19%15)C5C3C%23C4C7C%22C8C%20C%18C9C%11C%17C%13C%16C%10C%14C62. The van der Waals surface area contributed by atoms with Gasteiger partial charge in [0.15, 0.2) is 0 Å². The molecule has 23 unspecified atom stereocenters. The molecule has 23 aliphatic rings. The number of ether oxygens (including phenoxy) is 2. The molecule has 12 aromatic carbocycles. The molecule has 90 heavy (non-hydrogen) atoms. The van der Waals surface area contributed by atoms with Crippen molar-refractivity contribution in [3.8, 4) is 5.75 Å². The van der Waals surface area contributed by atoms with E-state index in [1.807, 2.05) is 201 Å². The Bertz CT molecular complexity index is 6290. The maximum atomic E-state index is 13.5. The third kappa shape index (κ3) is 2.78. The highest BCUT2D eigenvalue weighted by Gasteiger charge is 2.98. The molecule has 0 N–H and O–H groups in total. The number of anilines is 1. The minimum Gasteiger partial charge on any atom is -0.428 e. The Labute approximate surface area is 517 Å². The zero-order valence-corrected chi connectivity index (χ0v) is 51.1. The van der Waals surface area contributed by atoms with Gasteiger partial charge in [-0.05, 0) is 349 Å². The molecule has 1 heterocycles. The van der Waals surface area contributed by atoms with Gasteiger partial charge in [-0.1, -0.05) is 71.1 Å². The summed E-state index contributed by atoms with van der Waals surface area (Å²) in [5.74, 6) is 11.8. The molecule has 0 aromatic heterocycles. The smallest absolute Gasteiger partial charge is 0.428 e. The number of hydrogen-bond acceptors (Lipinski definition) is 4. The second kappa shape index (κ2) is 10.7. The highest BCUT2D eigenvalue weighted by molar-refractivity contribution is 6.50. The highest BCUT2D eigenvalue weighted by Crippen LogP contribution is 3.04. The Kier molecular flexibility index (Phi) is 4.98. The van der Waals surface area contributed by atoms with Crippen molar-refractivity contribution in [2.24, 2.45) is 23.2 Å². The Hall–Kier alpha value is -6.65. The lowest BCUT2D eigenvalue weighted by Gasteiger charge is -2.79. The first-order chi connectivity index (χ1) is 44.3. The summed E-state index contributed by atoms with van der Waals surface area (Å²) < 4.78 is 11.9. The topological polar surface area (TPSA) is 38.8 Å². The molecule has 4 spiro atoms. The summed E-state index contributed by atoms with van der Waals surface area (Å²) in [6.07, 6.45) is 15.9. The summed E-state index contributed by atoms with van der Waals surface area (Å²) >= 11 is 0.